The molecule has 0 aromatic heterocycles. The van der Waals surface area contributed by atoms with Crippen LogP contribution < -0.4 is 0 Å². The van der Waals surface area contributed by atoms with E-state index in [4.69, 9.17) is 11.6 Å². The highest BCUT2D eigenvalue weighted by molar-refractivity contribution is 9.10. The fourth-order valence-corrected chi connectivity index (χ4v) is 2.47. The van der Waals surface area contributed by atoms with E-state index in [2.05, 4.69) is 28.1 Å². The van der Waals surface area contributed by atoms with Crippen LogP contribution in [0.3, 0.4) is 0 Å². The highest BCUT2D eigenvalue weighted by Gasteiger charge is 2.06. The molecule has 0 aliphatic rings. The molecular weight excluding hydrogens is 336 g/mol. The quantitative estimate of drug-likeness (QED) is 0.370. The average molecular weight is 352 g/mol. The maximum Gasteiger partial charge on any atom is 0.162 e. The molecule has 0 saturated heterocycles. The van der Waals surface area contributed by atoms with Gasteiger partial charge in [0.15, 0.2) is 5.78 Å². The first-order valence-electron chi connectivity index (χ1n) is 6.66. The van der Waals surface area contributed by atoms with Crippen molar-refractivity contribution in [1.82, 2.24) is 0 Å². The molecule has 1 nitrogen and oxygen atoms in total. The first-order chi connectivity index (χ1) is 9.70. The van der Waals surface area contributed by atoms with Crippen molar-refractivity contribution in [2.75, 3.05) is 5.88 Å². The van der Waals surface area contributed by atoms with Crippen LogP contribution in [0.15, 0.2) is 53.0 Å². The number of hydrogen-bond acceptors (Lipinski definition) is 1. The summed E-state index contributed by atoms with van der Waals surface area (Å²) in [6.45, 7) is 0. The van der Waals surface area contributed by atoms with Gasteiger partial charge in [-0.2, -0.15) is 0 Å². The smallest absolute Gasteiger partial charge is 0.162 e. The summed E-state index contributed by atoms with van der Waals surface area (Å²) >= 11 is 9.04. The second-order valence-corrected chi connectivity index (χ2v) is 5.95. The van der Waals surface area contributed by atoms with Crippen LogP contribution in [0.2, 0.25) is 0 Å². The van der Waals surface area contributed by atoms with Gasteiger partial charge in [-0.25, -0.2) is 0 Å². The van der Waals surface area contributed by atoms with E-state index in [1.54, 1.807) is 0 Å². The highest BCUT2D eigenvalue weighted by atomic mass is 79.9. The monoisotopic (exact) mass is 350 g/mol. The van der Waals surface area contributed by atoms with Crippen molar-refractivity contribution in [1.29, 1.82) is 0 Å². The Morgan fingerprint density at radius 3 is 2.00 bits per heavy atom. The molecule has 0 atom stereocenters. The SMILES string of the molecule is O=C(CCCCCl)c1ccc(-c2ccc(Br)cc2)cc1. The Morgan fingerprint density at radius 1 is 0.900 bits per heavy atom. The van der Waals surface area contributed by atoms with Crippen LogP contribution in [0.5, 0.6) is 0 Å². The molecule has 2 aromatic carbocycles. The van der Waals surface area contributed by atoms with Gasteiger partial charge in [-0.15, -0.1) is 11.6 Å². The number of halogens is 2. The van der Waals surface area contributed by atoms with E-state index in [1.807, 2.05) is 36.4 Å². The summed E-state index contributed by atoms with van der Waals surface area (Å²) in [6, 6.07) is 15.9. The number of alkyl halides is 1. The summed E-state index contributed by atoms with van der Waals surface area (Å²) in [5, 5.41) is 0. The van der Waals surface area contributed by atoms with Crippen molar-refractivity contribution in [3.05, 3.63) is 58.6 Å². The maximum absolute atomic E-state index is 12.0. The number of Topliss-reactive ketones (excluding diaryl/α,β-unsaturated/α-hetero) is 1. The average Bonchev–Trinajstić information content (AvgIpc) is 2.48. The van der Waals surface area contributed by atoms with Crippen molar-refractivity contribution >= 4 is 33.3 Å². The Bertz CT molecular complexity index is 561. The van der Waals surface area contributed by atoms with Crippen LogP contribution in [0.4, 0.5) is 0 Å². The highest BCUT2D eigenvalue weighted by Crippen LogP contribution is 2.22. The molecule has 0 unspecified atom stereocenters. The van der Waals surface area contributed by atoms with Gasteiger partial charge in [0.05, 0.1) is 0 Å². The second-order valence-electron chi connectivity index (χ2n) is 4.65. The lowest BCUT2D eigenvalue weighted by Crippen LogP contribution is -1.98. The molecule has 0 amide bonds. The predicted molar refractivity (Wildman–Crippen MR) is 88.5 cm³/mol. The minimum Gasteiger partial charge on any atom is -0.294 e. The van der Waals surface area contributed by atoms with Crippen molar-refractivity contribution in [2.45, 2.75) is 19.3 Å². The molecule has 3 heteroatoms. The molecule has 0 N–H and O–H groups in total. The molecule has 0 bridgehead atoms. The number of unbranched alkanes of at least 4 members (excludes halogenated alkanes) is 1. The van der Waals surface area contributed by atoms with Crippen LogP contribution in [0.1, 0.15) is 29.6 Å². The fraction of sp³-hybridized carbons (Fsp3) is 0.235. The number of carbonyl (C=O) groups excluding carboxylic acids is 1. The second kappa shape index (κ2) is 7.61. The summed E-state index contributed by atoms with van der Waals surface area (Å²) in [5.41, 5.74) is 3.05. The third kappa shape index (κ3) is 4.19. The van der Waals surface area contributed by atoms with E-state index < -0.39 is 0 Å². The molecular formula is C17H16BrClO. The summed E-state index contributed by atoms with van der Waals surface area (Å²) in [5.74, 6) is 0.813. The lowest BCUT2D eigenvalue weighted by molar-refractivity contribution is 0.0980. The van der Waals surface area contributed by atoms with Gasteiger partial charge in [-0.1, -0.05) is 52.3 Å². The molecule has 0 spiro atoms. The largest absolute Gasteiger partial charge is 0.294 e. The van der Waals surface area contributed by atoms with Crippen LogP contribution in [-0.4, -0.2) is 11.7 Å². The lowest BCUT2D eigenvalue weighted by atomic mass is 10.0. The number of carbonyl (C=O) groups is 1. The standard InChI is InChI=1S/C17H16BrClO/c18-16-10-8-14(9-11-16)13-4-6-15(7-5-13)17(20)3-1-2-12-19/h4-11H,1-3,12H2. The van der Waals surface area contributed by atoms with Gasteiger partial charge in [0.25, 0.3) is 0 Å². The zero-order chi connectivity index (χ0) is 14.4. The van der Waals surface area contributed by atoms with E-state index in [-0.39, 0.29) is 5.78 Å². The molecule has 2 rings (SSSR count). The topological polar surface area (TPSA) is 17.1 Å². The number of benzene rings is 2. The molecule has 0 heterocycles. The van der Waals surface area contributed by atoms with Crippen LogP contribution in [0.25, 0.3) is 11.1 Å². The Morgan fingerprint density at radius 2 is 1.45 bits per heavy atom. The molecule has 0 radical (unpaired) electrons. The Kier molecular flexibility index (Phi) is 5.81. The zero-order valence-corrected chi connectivity index (χ0v) is 13.5. The third-order valence-electron chi connectivity index (χ3n) is 3.17. The van der Waals surface area contributed by atoms with E-state index in [0.717, 1.165) is 34.0 Å². The molecule has 0 aliphatic carbocycles. The maximum atomic E-state index is 12.0. The minimum atomic E-state index is 0.192. The lowest BCUT2D eigenvalue weighted by Gasteiger charge is -2.04. The van der Waals surface area contributed by atoms with Gasteiger partial charge >= 0.3 is 0 Å². The zero-order valence-electron chi connectivity index (χ0n) is 11.1. The molecule has 0 aliphatic heterocycles. The predicted octanol–water partition coefficient (Wildman–Crippen LogP) is 5.71. The normalized spacial score (nSPS) is 10.5. The van der Waals surface area contributed by atoms with E-state index in [9.17, 15) is 4.79 Å². The van der Waals surface area contributed by atoms with Gasteiger partial charge in [0.2, 0.25) is 0 Å². The third-order valence-corrected chi connectivity index (χ3v) is 3.97. The molecule has 20 heavy (non-hydrogen) atoms. The minimum absolute atomic E-state index is 0.192. The first kappa shape index (κ1) is 15.3. The van der Waals surface area contributed by atoms with E-state index in [1.165, 1.54) is 0 Å². The Hall–Kier alpha value is -1.12. The van der Waals surface area contributed by atoms with Gasteiger partial charge in [0.1, 0.15) is 0 Å². The van der Waals surface area contributed by atoms with Crippen molar-refractivity contribution < 1.29 is 4.79 Å². The Balaban J connectivity index is 2.06. The Labute approximate surface area is 133 Å². The summed E-state index contributed by atoms with van der Waals surface area (Å²) in [4.78, 5) is 12.0. The number of hydrogen-bond donors (Lipinski definition) is 0. The molecule has 2 aromatic rings. The van der Waals surface area contributed by atoms with Gasteiger partial charge in [0, 0.05) is 22.3 Å². The summed E-state index contributed by atoms with van der Waals surface area (Å²) < 4.78 is 1.06. The van der Waals surface area contributed by atoms with Gasteiger partial charge in [-0.05, 0) is 36.1 Å². The van der Waals surface area contributed by atoms with Crippen molar-refractivity contribution in [2.24, 2.45) is 0 Å². The summed E-state index contributed by atoms with van der Waals surface area (Å²) in [6.07, 6.45) is 2.32. The number of ketones is 1. The summed E-state index contributed by atoms with van der Waals surface area (Å²) in [7, 11) is 0. The number of rotatable bonds is 6. The van der Waals surface area contributed by atoms with Gasteiger partial charge < -0.3 is 0 Å². The molecule has 0 saturated carbocycles. The van der Waals surface area contributed by atoms with Gasteiger partial charge in [-0.3, -0.25) is 4.79 Å². The molecule has 104 valence electrons. The van der Waals surface area contributed by atoms with Crippen LogP contribution in [0, 0.1) is 0 Å². The van der Waals surface area contributed by atoms with Crippen LogP contribution in [-0.2, 0) is 0 Å². The van der Waals surface area contributed by atoms with Crippen molar-refractivity contribution in [3.8, 4) is 11.1 Å². The van der Waals surface area contributed by atoms with E-state index in [0.29, 0.717) is 12.3 Å². The first-order valence-corrected chi connectivity index (χ1v) is 7.98. The van der Waals surface area contributed by atoms with Crippen LogP contribution >= 0.6 is 27.5 Å². The fourth-order valence-electron chi connectivity index (χ4n) is 2.02. The van der Waals surface area contributed by atoms with E-state index >= 15 is 0 Å². The molecule has 0 fully saturated rings. The van der Waals surface area contributed by atoms with Crippen molar-refractivity contribution in [3.63, 3.8) is 0 Å².